The summed E-state index contributed by atoms with van der Waals surface area (Å²) in [5.41, 5.74) is 0.726. The molecule has 0 radical (unpaired) electrons. The number of fused-ring (bicyclic) bond motifs is 1. The number of thiophene rings is 1. The summed E-state index contributed by atoms with van der Waals surface area (Å²) in [6, 6.07) is 9.00. The first kappa shape index (κ1) is 17.4. The topological polar surface area (TPSA) is 33.7 Å². The highest BCUT2D eigenvalue weighted by atomic mass is 35.5. The van der Waals surface area contributed by atoms with E-state index in [0.717, 1.165) is 36.6 Å². The van der Waals surface area contributed by atoms with E-state index in [-0.39, 0.29) is 29.9 Å². The van der Waals surface area contributed by atoms with Crippen molar-refractivity contribution in [1.82, 2.24) is 10.2 Å². The maximum atomic E-state index is 13.5. The molecule has 0 saturated carbocycles. The van der Waals surface area contributed by atoms with Crippen molar-refractivity contribution in [3.8, 4) is 11.5 Å². The van der Waals surface area contributed by atoms with Crippen molar-refractivity contribution in [2.24, 2.45) is 0 Å². The number of nitrogens with zero attached hydrogens (tertiary/aromatic N) is 1. The van der Waals surface area contributed by atoms with Gasteiger partial charge in [-0.3, -0.25) is 4.90 Å². The Kier molecular flexibility index (Phi) is 4.96. The lowest BCUT2D eigenvalue weighted by molar-refractivity contribution is -0.287. The van der Waals surface area contributed by atoms with Crippen LogP contribution < -0.4 is 14.8 Å². The molecule has 4 nitrogen and oxygen atoms in total. The highest BCUT2D eigenvalue weighted by molar-refractivity contribution is 7.10. The Hall–Kier alpha value is -1.41. The SMILES string of the molecule is Cl.FC1(F)Oc2cccc([C@@H](c3cccs3)N3CCNCC3)c2O1. The molecule has 4 rings (SSSR count). The minimum absolute atomic E-state index is 0. The molecule has 0 unspecified atom stereocenters. The Morgan fingerprint density at radius 3 is 2.62 bits per heavy atom. The predicted molar refractivity (Wildman–Crippen MR) is 90.5 cm³/mol. The largest absolute Gasteiger partial charge is 0.586 e. The molecule has 0 aliphatic carbocycles. The van der Waals surface area contributed by atoms with Gasteiger partial charge in [-0.15, -0.1) is 32.5 Å². The van der Waals surface area contributed by atoms with Crippen LogP contribution in [-0.4, -0.2) is 37.4 Å². The maximum Gasteiger partial charge on any atom is 0.586 e. The zero-order valence-electron chi connectivity index (χ0n) is 12.7. The van der Waals surface area contributed by atoms with E-state index >= 15 is 0 Å². The molecule has 2 aliphatic rings. The molecule has 3 heterocycles. The van der Waals surface area contributed by atoms with Crippen LogP contribution in [0.5, 0.6) is 11.5 Å². The number of rotatable bonds is 3. The normalized spacial score (nSPS) is 20.4. The van der Waals surface area contributed by atoms with E-state index in [1.807, 2.05) is 23.6 Å². The Morgan fingerprint density at radius 2 is 1.92 bits per heavy atom. The second-order valence-corrected chi connectivity index (χ2v) is 6.53. The van der Waals surface area contributed by atoms with Crippen LogP contribution in [0.2, 0.25) is 0 Å². The molecule has 1 aromatic heterocycles. The van der Waals surface area contributed by atoms with Gasteiger partial charge in [-0.05, 0) is 17.5 Å². The quantitative estimate of drug-likeness (QED) is 0.891. The monoisotopic (exact) mass is 374 g/mol. The van der Waals surface area contributed by atoms with E-state index in [1.54, 1.807) is 17.4 Å². The smallest absolute Gasteiger partial charge is 0.395 e. The number of nitrogens with one attached hydrogen (secondary N) is 1. The molecular weight excluding hydrogens is 358 g/mol. The molecule has 8 heteroatoms. The summed E-state index contributed by atoms with van der Waals surface area (Å²) in [6.07, 6.45) is -3.60. The first-order valence-corrected chi connectivity index (χ1v) is 8.39. The number of hydrogen-bond acceptors (Lipinski definition) is 5. The Balaban J connectivity index is 0.00000169. The fraction of sp³-hybridized carbons (Fsp3) is 0.375. The average Bonchev–Trinajstić information content (AvgIpc) is 3.15. The molecule has 1 N–H and O–H groups in total. The fourth-order valence-corrected chi connectivity index (χ4v) is 4.00. The van der Waals surface area contributed by atoms with Gasteiger partial charge in [-0.25, -0.2) is 0 Å². The average molecular weight is 375 g/mol. The summed E-state index contributed by atoms with van der Waals surface area (Å²) in [7, 11) is 0. The van der Waals surface area contributed by atoms with Gasteiger partial charge in [0.05, 0.1) is 6.04 Å². The second-order valence-electron chi connectivity index (χ2n) is 5.55. The fourth-order valence-electron chi connectivity index (χ4n) is 3.12. The van der Waals surface area contributed by atoms with E-state index in [2.05, 4.69) is 15.0 Å². The number of benzene rings is 1. The van der Waals surface area contributed by atoms with Crippen molar-refractivity contribution in [2.45, 2.75) is 12.3 Å². The van der Waals surface area contributed by atoms with E-state index in [0.29, 0.717) is 0 Å². The lowest BCUT2D eigenvalue weighted by Gasteiger charge is -2.35. The predicted octanol–water partition coefficient (Wildman–Crippen LogP) is 3.49. The van der Waals surface area contributed by atoms with E-state index in [9.17, 15) is 8.78 Å². The molecule has 2 aliphatic heterocycles. The van der Waals surface area contributed by atoms with Crippen LogP contribution in [-0.2, 0) is 0 Å². The van der Waals surface area contributed by atoms with Gasteiger partial charge < -0.3 is 14.8 Å². The molecule has 1 fully saturated rings. The van der Waals surface area contributed by atoms with Crippen LogP contribution in [0.25, 0.3) is 0 Å². The summed E-state index contributed by atoms with van der Waals surface area (Å²) in [5.74, 6) is 0.249. The van der Waals surface area contributed by atoms with Crippen molar-refractivity contribution in [2.75, 3.05) is 26.2 Å². The van der Waals surface area contributed by atoms with Crippen molar-refractivity contribution >= 4 is 23.7 Å². The van der Waals surface area contributed by atoms with Gasteiger partial charge in [0.2, 0.25) is 0 Å². The molecule has 1 atom stereocenters. The van der Waals surface area contributed by atoms with Crippen molar-refractivity contribution < 1.29 is 18.3 Å². The molecule has 24 heavy (non-hydrogen) atoms. The van der Waals surface area contributed by atoms with Gasteiger partial charge in [-0.2, -0.15) is 0 Å². The first-order chi connectivity index (χ1) is 11.1. The number of piperazine rings is 1. The number of hydrogen-bond donors (Lipinski definition) is 1. The first-order valence-electron chi connectivity index (χ1n) is 7.51. The van der Waals surface area contributed by atoms with Gasteiger partial charge in [0.1, 0.15) is 0 Å². The third kappa shape index (κ3) is 3.21. The molecule has 2 aromatic rings. The lowest BCUT2D eigenvalue weighted by atomic mass is 10.0. The van der Waals surface area contributed by atoms with Crippen LogP contribution in [0.15, 0.2) is 35.7 Å². The van der Waals surface area contributed by atoms with Crippen LogP contribution in [0.1, 0.15) is 16.5 Å². The summed E-state index contributed by atoms with van der Waals surface area (Å²) >= 11 is 1.62. The zero-order valence-corrected chi connectivity index (χ0v) is 14.3. The summed E-state index contributed by atoms with van der Waals surface area (Å²) in [4.78, 5) is 3.40. The molecule has 0 bridgehead atoms. The van der Waals surface area contributed by atoms with Crippen LogP contribution in [0.3, 0.4) is 0 Å². The van der Waals surface area contributed by atoms with Gasteiger partial charge in [0.15, 0.2) is 11.5 Å². The van der Waals surface area contributed by atoms with Gasteiger partial charge in [-0.1, -0.05) is 18.2 Å². The van der Waals surface area contributed by atoms with E-state index in [4.69, 9.17) is 4.74 Å². The highest BCUT2D eigenvalue weighted by Crippen LogP contribution is 2.48. The number of alkyl halides is 2. The summed E-state index contributed by atoms with van der Waals surface area (Å²) in [5, 5.41) is 5.32. The molecule has 1 aromatic carbocycles. The minimum Gasteiger partial charge on any atom is -0.395 e. The highest BCUT2D eigenvalue weighted by Gasteiger charge is 2.45. The Labute approximate surface area is 148 Å². The second kappa shape index (κ2) is 6.84. The number of para-hydroxylation sites is 1. The minimum atomic E-state index is -3.60. The molecular formula is C16H17ClF2N2O2S. The third-order valence-corrected chi connectivity index (χ3v) is 5.01. The van der Waals surface area contributed by atoms with Crippen molar-refractivity contribution in [3.63, 3.8) is 0 Å². The van der Waals surface area contributed by atoms with Gasteiger partial charge in [0.25, 0.3) is 0 Å². The lowest BCUT2D eigenvalue weighted by Crippen LogP contribution is -2.45. The van der Waals surface area contributed by atoms with Crippen molar-refractivity contribution in [1.29, 1.82) is 0 Å². The third-order valence-electron chi connectivity index (χ3n) is 4.08. The van der Waals surface area contributed by atoms with Gasteiger partial charge in [0, 0.05) is 36.6 Å². The van der Waals surface area contributed by atoms with Crippen LogP contribution >= 0.6 is 23.7 Å². The van der Waals surface area contributed by atoms with Crippen LogP contribution in [0.4, 0.5) is 8.78 Å². The Bertz CT molecular complexity index is 693. The molecule has 0 amide bonds. The summed E-state index contributed by atoms with van der Waals surface area (Å²) < 4.78 is 36.4. The summed E-state index contributed by atoms with van der Waals surface area (Å²) in [6.45, 7) is 3.46. The van der Waals surface area contributed by atoms with E-state index in [1.165, 1.54) is 6.07 Å². The number of halogens is 3. The van der Waals surface area contributed by atoms with Crippen molar-refractivity contribution in [3.05, 3.63) is 46.2 Å². The zero-order chi connectivity index (χ0) is 15.9. The van der Waals surface area contributed by atoms with Crippen LogP contribution in [0, 0.1) is 0 Å². The molecule has 1 saturated heterocycles. The standard InChI is InChI=1S/C16H16F2N2O2S.ClH/c17-16(18)21-12-4-1-3-11(15(12)22-16)14(13-5-2-10-23-13)20-8-6-19-7-9-20;/h1-5,10,14,19H,6-9H2;1H/t14-;/m0./s1. The van der Waals surface area contributed by atoms with E-state index < -0.39 is 6.29 Å². The number of ether oxygens (including phenoxy) is 2. The molecule has 0 spiro atoms. The Morgan fingerprint density at radius 1 is 1.12 bits per heavy atom. The maximum absolute atomic E-state index is 13.5. The van der Waals surface area contributed by atoms with Gasteiger partial charge >= 0.3 is 6.29 Å². The molecule has 130 valence electrons.